The molecule has 1 aromatic heterocycles. The number of aromatic nitrogens is 2. The Morgan fingerprint density at radius 1 is 1.21 bits per heavy atom. The number of hydrogen-bond donors (Lipinski definition) is 1. The smallest absolute Gasteiger partial charge is 0.227 e. The molecule has 2 N–H and O–H groups in total. The van der Waals surface area contributed by atoms with Crippen LogP contribution in [0.2, 0.25) is 0 Å². The SMILES string of the molecule is CC(C)(C)Cc1noc(CC2(CN)CCCCC2)n1. The molecule has 0 amide bonds. The highest BCUT2D eigenvalue weighted by Gasteiger charge is 2.33. The van der Waals surface area contributed by atoms with Gasteiger partial charge in [0.15, 0.2) is 5.82 Å². The Hall–Kier alpha value is -0.900. The minimum Gasteiger partial charge on any atom is -0.339 e. The van der Waals surface area contributed by atoms with Gasteiger partial charge >= 0.3 is 0 Å². The quantitative estimate of drug-likeness (QED) is 0.908. The Morgan fingerprint density at radius 2 is 1.89 bits per heavy atom. The first-order valence-corrected chi connectivity index (χ1v) is 7.44. The maximum absolute atomic E-state index is 6.00. The van der Waals surface area contributed by atoms with E-state index in [4.69, 9.17) is 10.3 Å². The van der Waals surface area contributed by atoms with Crippen molar-refractivity contribution in [3.05, 3.63) is 11.7 Å². The van der Waals surface area contributed by atoms with Crippen molar-refractivity contribution in [1.82, 2.24) is 10.1 Å². The van der Waals surface area contributed by atoms with Gasteiger partial charge in [0.25, 0.3) is 0 Å². The molecule has 1 aromatic rings. The average molecular weight is 265 g/mol. The van der Waals surface area contributed by atoms with E-state index in [2.05, 4.69) is 30.9 Å². The molecule has 19 heavy (non-hydrogen) atoms. The van der Waals surface area contributed by atoms with Crippen molar-refractivity contribution < 1.29 is 4.52 Å². The molecule has 1 saturated carbocycles. The van der Waals surface area contributed by atoms with E-state index in [0.29, 0.717) is 0 Å². The normalized spacial score (nSPS) is 19.6. The van der Waals surface area contributed by atoms with Crippen LogP contribution in [0.3, 0.4) is 0 Å². The summed E-state index contributed by atoms with van der Waals surface area (Å²) in [7, 11) is 0. The zero-order chi connectivity index (χ0) is 13.9. The van der Waals surface area contributed by atoms with E-state index < -0.39 is 0 Å². The second kappa shape index (κ2) is 5.61. The summed E-state index contributed by atoms with van der Waals surface area (Å²) in [4.78, 5) is 4.55. The molecule has 4 nitrogen and oxygen atoms in total. The van der Waals surface area contributed by atoms with E-state index in [1.807, 2.05) is 0 Å². The predicted molar refractivity (Wildman–Crippen MR) is 75.7 cm³/mol. The third kappa shape index (κ3) is 4.03. The summed E-state index contributed by atoms with van der Waals surface area (Å²) < 4.78 is 5.42. The van der Waals surface area contributed by atoms with Gasteiger partial charge in [0.1, 0.15) is 0 Å². The first kappa shape index (κ1) is 14.5. The van der Waals surface area contributed by atoms with Gasteiger partial charge in [0.05, 0.1) is 0 Å². The number of rotatable bonds is 4. The number of hydrogen-bond acceptors (Lipinski definition) is 4. The molecule has 2 rings (SSSR count). The van der Waals surface area contributed by atoms with Crippen molar-refractivity contribution in [3.63, 3.8) is 0 Å². The predicted octanol–water partition coefficient (Wildman–Crippen LogP) is 3.11. The zero-order valence-electron chi connectivity index (χ0n) is 12.5. The van der Waals surface area contributed by atoms with Crippen molar-refractivity contribution in [3.8, 4) is 0 Å². The van der Waals surface area contributed by atoms with Crippen LogP contribution in [0.4, 0.5) is 0 Å². The fourth-order valence-corrected chi connectivity index (χ4v) is 2.98. The fraction of sp³-hybridized carbons (Fsp3) is 0.867. The fourth-order valence-electron chi connectivity index (χ4n) is 2.98. The van der Waals surface area contributed by atoms with E-state index in [-0.39, 0.29) is 10.8 Å². The highest BCUT2D eigenvalue weighted by atomic mass is 16.5. The summed E-state index contributed by atoms with van der Waals surface area (Å²) in [5.74, 6) is 1.59. The topological polar surface area (TPSA) is 64.9 Å². The third-order valence-electron chi connectivity index (χ3n) is 4.07. The molecular formula is C15H27N3O. The minimum atomic E-state index is 0.192. The summed E-state index contributed by atoms with van der Waals surface area (Å²) in [6.45, 7) is 7.28. The molecule has 0 aliphatic heterocycles. The summed E-state index contributed by atoms with van der Waals surface area (Å²) in [5, 5.41) is 4.11. The highest BCUT2D eigenvalue weighted by Crippen LogP contribution is 2.38. The van der Waals surface area contributed by atoms with Crippen LogP contribution in [0, 0.1) is 10.8 Å². The third-order valence-corrected chi connectivity index (χ3v) is 4.07. The van der Waals surface area contributed by atoms with Crippen LogP contribution < -0.4 is 5.73 Å². The summed E-state index contributed by atoms with van der Waals surface area (Å²) in [6.07, 6.45) is 7.98. The lowest BCUT2D eigenvalue weighted by atomic mass is 9.72. The standard InChI is InChI=1S/C15H27N3O/c1-14(2,3)9-12-17-13(19-18-12)10-15(11-16)7-5-4-6-8-15/h4-11,16H2,1-3H3. The van der Waals surface area contributed by atoms with Crippen molar-refractivity contribution in [2.75, 3.05) is 6.54 Å². The molecule has 0 saturated heterocycles. The van der Waals surface area contributed by atoms with E-state index >= 15 is 0 Å². The largest absolute Gasteiger partial charge is 0.339 e. The van der Waals surface area contributed by atoms with Gasteiger partial charge in [-0.25, -0.2) is 0 Å². The maximum Gasteiger partial charge on any atom is 0.227 e. The van der Waals surface area contributed by atoms with Crippen LogP contribution in [-0.4, -0.2) is 16.7 Å². The van der Waals surface area contributed by atoms with E-state index in [9.17, 15) is 0 Å². The summed E-state index contributed by atoms with van der Waals surface area (Å²) in [6, 6.07) is 0. The molecule has 1 heterocycles. The lowest BCUT2D eigenvalue weighted by Crippen LogP contribution is -2.35. The molecule has 108 valence electrons. The number of nitrogens with zero attached hydrogens (tertiary/aromatic N) is 2. The van der Waals surface area contributed by atoms with Gasteiger partial charge in [0, 0.05) is 12.8 Å². The second-order valence-electron chi connectivity index (χ2n) is 7.28. The molecule has 0 bridgehead atoms. The van der Waals surface area contributed by atoms with E-state index in [1.165, 1.54) is 32.1 Å². The Morgan fingerprint density at radius 3 is 2.47 bits per heavy atom. The summed E-state index contributed by atoms with van der Waals surface area (Å²) >= 11 is 0. The summed E-state index contributed by atoms with van der Waals surface area (Å²) in [5.41, 5.74) is 6.39. The van der Waals surface area contributed by atoms with Gasteiger partial charge in [-0.1, -0.05) is 45.2 Å². The van der Waals surface area contributed by atoms with Gasteiger partial charge in [-0.15, -0.1) is 0 Å². The second-order valence-corrected chi connectivity index (χ2v) is 7.28. The molecule has 0 aromatic carbocycles. The van der Waals surface area contributed by atoms with Crippen LogP contribution >= 0.6 is 0 Å². The van der Waals surface area contributed by atoms with Crippen LogP contribution in [0.15, 0.2) is 4.52 Å². The molecule has 0 spiro atoms. The van der Waals surface area contributed by atoms with Crippen LogP contribution in [0.25, 0.3) is 0 Å². The van der Waals surface area contributed by atoms with Gasteiger partial charge in [0.2, 0.25) is 5.89 Å². The van der Waals surface area contributed by atoms with Gasteiger partial charge in [-0.2, -0.15) is 4.98 Å². The van der Waals surface area contributed by atoms with Crippen molar-refractivity contribution in [1.29, 1.82) is 0 Å². The lowest BCUT2D eigenvalue weighted by molar-refractivity contribution is 0.177. The Balaban J connectivity index is 2.02. The Kier molecular flexibility index (Phi) is 4.29. The van der Waals surface area contributed by atoms with Crippen LogP contribution in [0.5, 0.6) is 0 Å². The molecule has 1 aliphatic carbocycles. The Labute approximate surface area is 116 Å². The molecule has 0 unspecified atom stereocenters. The molecule has 1 fully saturated rings. The first-order valence-electron chi connectivity index (χ1n) is 7.44. The minimum absolute atomic E-state index is 0.192. The van der Waals surface area contributed by atoms with E-state index in [1.54, 1.807) is 0 Å². The van der Waals surface area contributed by atoms with Crippen LogP contribution in [-0.2, 0) is 12.8 Å². The lowest BCUT2D eigenvalue weighted by Gasteiger charge is -2.34. The molecule has 0 radical (unpaired) electrons. The molecular weight excluding hydrogens is 238 g/mol. The van der Waals surface area contributed by atoms with E-state index in [0.717, 1.165) is 31.1 Å². The Bertz CT molecular complexity index is 400. The monoisotopic (exact) mass is 265 g/mol. The van der Waals surface area contributed by atoms with Crippen LogP contribution in [0.1, 0.15) is 64.6 Å². The average Bonchev–Trinajstić information content (AvgIpc) is 2.75. The zero-order valence-corrected chi connectivity index (χ0v) is 12.5. The van der Waals surface area contributed by atoms with Crippen molar-refractivity contribution in [2.24, 2.45) is 16.6 Å². The first-order chi connectivity index (χ1) is 8.92. The van der Waals surface area contributed by atoms with Gasteiger partial charge in [-0.3, -0.25) is 0 Å². The van der Waals surface area contributed by atoms with Gasteiger partial charge in [-0.05, 0) is 30.2 Å². The van der Waals surface area contributed by atoms with Crippen molar-refractivity contribution >= 4 is 0 Å². The molecule has 0 atom stereocenters. The molecule has 4 heteroatoms. The highest BCUT2D eigenvalue weighted by molar-refractivity contribution is 4.96. The van der Waals surface area contributed by atoms with Crippen molar-refractivity contribution in [2.45, 2.75) is 65.7 Å². The number of nitrogens with two attached hydrogens (primary N) is 1. The molecule has 1 aliphatic rings. The van der Waals surface area contributed by atoms with Gasteiger partial charge < -0.3 is 10.3 Å². The maximum atomic E-state index is 6.00.